The lowest BCUT2D eigenvalue weighted by Gasteiger charge is -2.07. The average molecular weight is 514 g/mol. The molecule has 0 N–H and O–H groups in total. The topological polar surface area (TPSA) is 78.6 Å². The molecule has 0 bridgehead atoms. The summed E-state index contributed by atoms with van der Waals surface area (Å²) < 4.78 is 43.1. The number of benzene rings is 1. The van der Waals surface area contributed by atoms with Gasteiger partial charge in [-0.25, -0.2) is 18.4 Å². The number of carbonyl (C=O) groups excluding carboxylic acids is 1. The summed E-state index contributed by atoms with van der Waals surface area (Å²) in [6, 6.07) is 7.79. The van der Waals surface area contributed by atoms with Gasteiger partial charge in [0.05, 0.1) is 18.8 Å². The monoisotopic (exact) mass is 513 g/mol. The van der Waals surface area contributed by atoms with Crippen molar-refractivity contribution in [3.8, 4) is 17.0 Å². The smallest absolute Gasteiger partial charge is 0.345 e. The Labute approximate surface area is 215 Å². The summed E-state index contributed by atoms with van der Waals surface area (Å²) >= 11 is 0. The lowest BCUT2D eigenvalue weighted by molar-refractivity contribution is -0.139. The van der Waals surface area contributed by atoms with E-state index in [1.807, 2.05) is 0 Å². The number of hydrogen-bond donors (Lipinski definition) is 0. The Morgan fingerprint density at radius 1 is 0.892 bits per heavy atom. The summed E-state index contributed by atoms with van der Waals surface area (Å²) in [7, 11) is 0. The quantitative estimate of drug-likeness (QED) is 0.122. The van der Waals surface area contributed by atoms with Gasteiger partial charge in [-0.15, -0.1) is 0 Å². The lowest BCUT2D eigenvalue weighted by atomic mass is 10.1. The van der Waals surface area contributed by atoms with E-state index in [-0.39, 0.29) is 22.8 Å². The van der Waals surface area contributed by atoms with Crippen molar-refractivity contribution in [3.05, 3.63) is 70.6 Å². The fourth-order valence-corrected chi connectivity index (χ4v) is 3.88. The Bertz CT molecular complexity index is 1250. The van der Waals surface area contributed by atoms with E-state index >= 15 is 0 Å². The molecule has 0 aliphatic carbocycles. The van der Waals surface area contributed by atoms with Crippen molar-refractivity contribution in [2.24, 2.45) is 0 Å². The minimum atomic E-state index is -0.771. The van der Waals surface area contributed by atoms with Crippen molar-refractivity contribution in [1.29, 1.82) is 0 Å². The van der Waals surface area contributed by atoms with Crippen LogP contribution in [0, 0.1) is 11.6 Å². The van der Waals surface area contributed by atoms with E-state index in [2.05, 4.69) is 11.6 Å². The first-order valence-electron chi connectivity index (χ1n) is 12.7. The molecular formula is C29H33F2NO5. The van der Waals surface area contributed by atoms with Gasteiger partial charge in [-0.1, -0.05) is 51.5 Å². The third-order valence-electron chi connectivity index (χ3n) is 5.87. The minimum absolute atomic E-state index is 0.0606. The van der Waals surface area contributed by atoms with Crippen LogP contribution in [0.4, 0.5) is 8.78 Å². The molecule has 8 heteroatoms. The molecule has 6 nitrogen and oxygen atoms in total. The number of aromatic nitrogens is 1. The maximum absolute atomic E-state index is 13.5. The van der Waals surface area contributed by atoms with E-state index < -0.39 is 17.3 Å². The predicted molar refractivity (Wildman–Crippen MR) is 138 cm³/mol. The van der Waals surface area contributed by atoms with E-state index in [1.165, 1.54) is 25.3 Å². The zero-order chi connectivity index (χ0) is 26.6. The first kappa shape index (κ1) is 28.0. The van der Waals surface area contributed by atoms with Crippen LogP contribution in [0.2, 0.25) is 0 Å². The molecule has 0 atom stereocenters. The molecule has 0 aliphatic rings. The van der Waals surface area contributed by atoms with Crippen LogP contribution in [-0.4, -0.2) is 24.2 Å². The first-order chi connectivity index (χ1) is 17.8. The van der Waals surface area contributed by atoms with Gasteiger partial charge >= 0.3 is 11.6 Å². The summed E-state index contributed by atoms with van der Waals surface area (Å²) in [6.45, 7) is 6.17. The number of fused-ring (bicyclic) bond motifs is 1. The molecule has 0 unspecified atom stereocenters. The number of rotatable bonds is 15. The van der Waals surface area contributed by atoms with E-state index in [0.29, 0.717) is 30.1 Å². The van der Waals surface area contributed by atoms with Crippen LogP contribution < -0.4 is 10.4 Å². The van der Waals surface area contributed by atoms with E-state index in [4.69, 9.17) is 13.9 Å². The van der Waals surface area contributed by atoms with E-state index in [0.717, 1.165) is 56.7 Å². The van der Waals surface area contributed by atoms with Gasteiger partial charge < -0.3 is 13.9 Å². The molecule has 37 heavy (non-hydrogen) atoms. The lowest BCUT2D eigenvalue weighted by Crippen LogP contribution is -2.05. The Balaban J connectivity index is 1.32. The maximum Gasteiger partial charge on any atom is 0.345 e. The van der Waals surface area contributed by atoms with Gasteiger partial charge in [0.2, 0.25) is 11.6 Å². The van der Waals surface area contributed by atoms with Crippen LogP contribution in [0.25, 0.3) is 22.2 Å². The van der Waals surface area contributed by atoms with Crippen LogP contribution in [0.1, 0.15) is 64.7 Å². The molecular weight excluding hydrogens is 480 g/mol. The molecule has 1 aromatic carbocycles. The molecule has 0 spiro atoms. The Kier molecular flexibility index (Phi) is 10.8. The number of hydrogen-bond acceptors (Lipinski definition) is 6. The van der Waals surface area contributed by atoms with Gasteiger partial charge in [0, 0.05) is 23.1 Å². The molecule has 0 saturated heterocycles. The molecule has 0 radical (unpaired) electrons. The second-order valence-corrected chi connectivity index (χ2v) is 9.10. The van der Waals surface area contributed by atoms with E-state index in [1.54, 1.807) is 19.1 Å². The summed E-state index contributed by atoms with van der Waals surface area (Å²) in [6.07, 6.45) is 9.67. The number of halogens is 2. The van der Waals surface area contributed by atoms with Crippen molar-refractivity contribution >= 4 is 17.1 Å². The second-order valence-electron chi connectivity index (χ2n) is 9.10. The van der Waals surface area contributed by atoms with Gasteiger partial charge in [0.1, 0.15) is 11.6 Å². The molecule has 198 valence electrons. The number of ether oxygens (including phenoxy) is 2. The van der Waals surface area contributed by atoms with Crippen LogP contribution >= 0.6 is 0 Å². The molecule has 2 heterocycles. The molecule has 0 amide bonds. The van der Waals surface area contributed by atoms with Crippen LogP contribution in [0.5, 0.6) is 5.88 Å². The van der Waals surface area contributed by atoms with Gasteiger partial charge in [-0.2, -0.15) is 4.98 Å². The largest absolute Gasteiger partial charge is 0.478 e. The highest BCUT2D eigenvalue weighted by Crippen LogP contribution is 2.23. The summed E-state index contributed by atoms with van der Waals surface area (Å²) in [5, 5.41) is 0.527. The number of nitrogens with zero attached hydrogens (tertiary/aromatic N) is 1. The predicted octanol–water partition coefficient (Wildman–Crippen LogP) is 7.14. The Morgan fingerprint density at radius 2 is 1.49 bits per heavy atom. The molecule has 0 aliphatic heterocycles. The van der Waals surface area contributed by atoms with Gasteiger partial charge in [0.15, 0.2) is 0 Å². The van der Waals surface area contributed by atoms with Crippen molar-refractivity contribution in [3.63, 3.8) is 0 Å². The SMILES string of the molecule is C=C(C)C(=O)OCCCCCCCCCCCOc1ccc2cc(-c3cc(F)cc(F)c3)c(=O)oc2n1. The maximum atomic E-state index is 13.5. The number of carbonyl (C=O) groups is 1. The fourth-order valence-electron chi connectivity index (χ4n) is 3.88. The first-order valence-corrected chi connectivity index (χ1v) is 12.7. The van der Waals surface area contributed by atoms with Crippen molar-refractivity contribution in [1.82, 2.24) is 4.98 Å². The number of pyridine rings is 1. The second kappa shape index (κ2) is 14.3. The molecule has 3 rings (SSSR count). The van der Waals surface area contributed by atoms with Gasteiger partial charge in [-0.3, -0.25) is 0 Å². The highest BCUT2D eigenvalue weighted by Gasteiger charge is 2.12. The summed E-state index contributed by atoms with van der Waals surface area (Å²) in [4.78, 5) is 27.9. The molecule has 0 saturated carbocycles. The molecule has 2 aromatic heterocycles. The normalized spacial score (nSPS) is 11.0. The zero-order valence-electron chi connectivity index (χ0n) is 21.2. The highest BCUT2D eigenvalue weighted by molar-refractivity contribution is 5.86. The Hall–Kier alpha value is -3.55. The standard InChI is InChI=1S/C29H33F2NO5/c1-20(2)28(33)36-15-11-9-7-5-3-4-6-8-10-14-35-26-13-12-21-18-25(29(34)37-27(21)32-26)22-16-23(30)19-24(31)17-22/h12-13,16-19H,1,3-11,14-15H2,2H3. The average Bonchev–Trinajstić information content (AvgIpc) is 2.85. The molecule has 3 aromatic rings. The number of esters is 1. The van der Waals surface area contributed by atoms with Crippen LogP contribution in [0.3, 0.4) is 0 Å². The van der Waals surface area contributed by atoms with Crippen molar-refractivity contribution < 1.29 is 27.5 Å². The summed E-state index contributed by atoms with van der Waals surface area (Å²) in [5.41, 5.74) is -0.0183. The van der Waals surface area contributed by atoms with Gasteiger partial charge in [-0.05, 0) is 49.6 Å². The van der Waals surface area contributed by atoms with Crippen molar-refractivity contribution in [2.45, 2.75) is 64.7 Å². The minimum Gasteiger partial charge on any atom is -0.478 e. The van der Waals surface area contributed by atoms with Crippen LogP contribution in [0.15, 0.2) is 57.8 Å². The zero-order valence-corrected chi connectivity index (χ0v) is 21.2. The van der Waals surface area contributed by atoms with E-state index in [9.17, 15) is 18.4 Å². The van der Waals surface area contributed by atoms with Gasteiger partial charge in [0.25, 0.3) is 0 Å². The Morgan fingerprint density at radius 3 is 2.11 bits per heavy atom. The summed E-state index contributed by atoms with van der Waals surface area (Å²) in [5.74, 6) is -1.50. The van der Waals surface area contributed by atoms with Crippen LogP contribution in [-0.2, 0) is 9.53 Å². The molecule has 0 fully saturated rings. The highest BCUT2D eigenvalue weighted by atomic mass is 19.1. The number of unbranched alkanes of at least 4 members (excludes halogenated alkanes) is 8. The third-order valence-corrected chi connectivity index (χ3v) is 5.87. The van der Waals surface area contributed by atoms with Crippen molar-refractivity contribution in [2.75, 3.05) is 13.2 Å². The third kappa shape index (κ3) is 9.12. The fraction of sp³-hybridized carbons (Fsp3) is 0.414.